The van der Waals surface area contributed by atoms with E-state index in [1.165, 1.54) is 0 Å². The molecule has 166 valence electrons. The molecule has 0 spiro atoms. The standard InChI is InChI=1S/C27H30N2O3/c1-4-29(24-10-6-5-7-11-24)27(31)21-13-15-23(16-14-21)28-26(30)22-9-8-12-25(19-22)32-18-17-20(2)3/h5-16,19-20H,4,17-18H2,1-3H3,(H,28,30). The molecule has 3 rings (SSSR count). The van der Waals surface area contributed by atoms with Gasteiger partial charge in [0.2, 0.25) is 0 Å². The largest absolute Gasteiger partial charge is 0.494 e. The number of ether oxygens (including phenoxy) is 1. The van der Waals surface area contributed by atoms with Gasteiger partial charge in [0.1, 0.15) is 5.75 Å². The first-order valence-electron chi connectivity index (χ1n) is 11.0. The van der Waals surface area contributed by atoms with Crippen LogP contribution in [0.2, 0.25) is 0 Å². The number of benzene rings is 3. The van der Waals surface area contributed by atoms with E-state index in [0.29, 0.717) is 41.6 Å². The SMILES string of the molecule is CCN(C(=O)c1ccc(NC(=O)c2cccc(OCCC(C)C)c2)cc1)c1ccccc1. The molecule has 0 heterocycles. The van der Waals surface area contributed by atoms with Crippen LogP contribution in [0.5, 0.6) is 5.75 Å². The molecule has 0 fully saturated rings. The first kappa shape index (κ1) is 23.1. The summed E-state index contributed by atoms with van der Waals surface area (Å²) in [7, 11) is 0. The maximum absolute atomic E-state index is 12.9. The molecule has 0 saturated heterocycles. The Morgan fingerprint density at radius 2 is 1.62 bits per heavy atom. The maximum atomic E-state index is 12.9. The van der Waals surface area contributed by atoms with Gasteiger partial charge in [-0.2, -0.15) is 0 Å². The molecule has 32 heavy (non-hydrogen) atoms. The number of nitrogens with zero attached hydrogens (tertiary/aromatic N) is 1. The lowest BCUT2D eigenvalue weighted by Crippen LogP contribution is -2.30. The Hall–Kier alpha value is -3.60. The molecule has 0 unspecified atom stereocenters. The first-order chi connectivity index (χ1) is 15.5. The number of rotatable bonds is 9. The van der Waals surface area contributed by atoms with Gasteiger partial charge in [-0.05, 0) is 73.9 Å². The van der Waals surface area contributed by atoms with Gasteiger partial charge in [-0.15, -0.1) is 0 Å². The summed E-state index contributed by atoms with van der Waals surface area (Å²) in [6.45, 7) is 7.42. The number of anilines is 2. The van der Waals surface area contributed by atoms with Crippen molar-refractivity contribution in [2.24, 2.45) is 5.92 Å². The van der Waals surface area contributed by atoms with Gasteiger partial charge >= 0.3 is 0 Å². The molecular formula is C27H30N2O3. The van der Waals surface area contributed by atoms with E-state index in [9.17, 15) is 9.59 Å². The average Bonchev–Trinajstić information content (AvgIpc) is 2.80. The third-order valence-corrected chi connectivity index (χ3v) is 5.08. The van der Waals surface area contributed by atoms with E-state index in [4.69, 9.17) is 4.74 Å². The summed E-state index contributed by atoms with van der Waals surface area (Å²) < 4.78 is 5.75. The molecule has 3 aromatic carbocycles. The Morgan fingerprint density at radius 3 is 2.28 bits per heavy atom. The molecule has 1 N–H and O–H groups in total. The second kappa shape index (κ2) is 11.1. The highest BCUT2D eigenvalue weighted by Gasteiger charge is 2.16. The molecule has 0 atom stereocenters. The van der Waals surface area contributed by atoms with Crippen molar-refractivity contribution in [1.82, 2.24) is 0 Å². The Kier molecular flexibility index (Phi) is 8.03. The summed E-state index contributed by atoms with van der Waals surface area (Å²) in [5.41, 5.74) is 2.57. The van der Waals surface area contributed by atoms with Gasteiger partial charge < -0.3 is 15.0 Å². The molecule has 0 aliphatic carbocycles. The second-order valence-electron chi connectivity index (χ2n) is 7.98. The zero-order valence-corrected chi connectivity index (χ0v) is 18.9. The fourth-order valence-corrected chi connectivity index (χ4v) is 3.25. The Bertz CT molecular complexity index is 1030. The van der Waals surface area contributed by atoms with E-state index in [2.05, 4.69) is 19.2 Å². The average molecular weight is 431 g/mol. The van der Waals surface area contributed by atoms with E-state index in [-0.39, 0.29) is 11.8 Å². The lowest BCUT2D eigenvalue weighted by Gasteiger charge is -2.21. The molecule has 0 radical (unpaired) electrons. The highest BCUT2D eigenvalue weighted by atomic mass is 16.5. The van der Waals surface area contributed by atoms with Crippen molar-refractivity contribution in [2.45, 2.75) is 27.2 Å². The quantitative estimate of drug-likeness (QED) is 0.451. The van der Waals surface area contributed by atoms with Crippen molar-refractivity contribution in [3.8, 4) is 5.75 Å². The number of nitrogens with one attached hydrogen (secondary N) is 1. The van der Waals surface area contributed by atoms with Crippen LogP contribution in [0.1, 0.15) is 47.9 Å². The molecule has 0 aliphatic heterocycles. The molecule has 5 heteroatoms. The van der Waals surface area contributed by atoms with Gasteiger partial charge in [0.15, 0.2) is 0 Å². The number of para-hydroxylation sites is 1. The van der Waals surface area contributed by atoms with Gasteiger partial charge in [-0.1, -0.05) is 38.1 Å². The third-order valence-electron chi connectivity index (χ3n) is 5.08. The summed E-state index contributed by atoms with van der Waals surface area (Å²) in [6.07, 6.45) is 0.960. The lowest BCUT2D eigenvalue weighted by molar-refractivity contribution is 0.0987. The minimum absolute atomic E-state index is 0.0807. The van der Waals surface area contributed by atoms with Gasteiger partial charge in [-0.3, -0.25) is 9.59 Å². The van der Waals surface area contributed by atoms with Crippen LogP contribution in [-0.4, -0.2) is 25.0 Å². The topological polar surface area (TPSA) is 58.6 Å². The van der Waals surface area contributed by atoms with E-state index in [0.717, 1.165) is 12.1 Å². The number of carbonyl (C=O) groups is 2. The second-order valence-corrected chi connectivity index (χ2v) is 7.98. The molecule has 0 aliphatic rings. The number of hydrogen-bond donors (Lipinski definition) is 1. The highest BCUT2D eigenvalue weighted by Crippen LogP contribution is 2.19. The van der Waals surface area contributed by atoms with Crippen molar-refractivity contribution in [1.29, 1.82) is 0 Å². The minimum atomic E-state index is -0.224. The van der Waals surface area contributed by atoms with Crippen molar-refractivity contribution < 1.29 is 14.3 Å². The van der Waals surface area contributed by atoms with Crippen LogP contribution in [0, 0.1) is 5.92 Å². The monoisotopic (exact) mass is 430 g/mol. The Balaban J connectivity index is 1.64. The van der Waals surface area contributed by atoms with E-state index >= 15 is 0 Å². The van der Waals surface area contributed by atoms with Crippen LogP contribution < -0.4 is 15.0 Å². The maximum Gasteiger partial charge on any atom is 0.258 e. The normalized spacial score (nSPS) is 10.6. The van der Waals surface area contributed by atoms with Crippen molar-refractivity contribution in [3.05, 3.63) is 90.0 Å². The van der Waals surface area contributed by atoms with E-state index in [1.807, 2.05) is 49.4 Å². The predicted octanol–water partition coefficient (Wildman–Crippen LogP) is 6.03. The zero-order chi connectivity index (χ0) is 22.9. The van der Waals surface area contributed by atoms with Crippen LogP contribution in [0.15, 0.2) is 78.9 Å². The first-order valence-corrected chi connectivity index (χ1v) is 11.0. The van der Waals surface area contributed by atoms with Gasteiger partial charge in [-0.25, -0.2) is 0 Å². The summed E-state index contributed by atoms with van der Waals surface area (Å²) in [6, 6.07) is 23.7. The highest BCUT2D eigenvalue weighted by molar-refractivity contribution is 6.07. The lowest BCUT2D eigenvalue weighted by atomic mass is 10.1. The predicted molar refractivity (Wildman–Crippen MR) is 130 cm³/mol. The molecular weight excluding hydrogens is 400 g/mol. The molecule has 5 nitrogen and oxygen atoms in total. The van der Waals surface area contributed by atoms with Crippen LogP contribution in [0.4, 0.5) is 11.4 Å². The summed E-state index contributed by atoms with van der Waals surface area (Å²) in [5, 5.41) is 2.88. The molecule has 0 bridgehead atoms. The number of amides is 2. The molecule has 3 aromatic rings. The van der Waals surface area contributed by atoms with Crippen molar-refractivity contribution >= 4 is 23.2 Å². The summed E-state index contributed by atoms with van der Waals surface area (Å²) in [4.78, 5) is 27.3. The summed E-state index contributed by atoms with van der Waals surface area (Å²) >= 11 is 0. The van der Waals surface area contributed by atoms with Crippen LogP contribution in [0.3, 0.4) is 0 Å². The molecule has 0 saturated carbocycles. The Morgan fingerprint density at radius 1 is 0.906 bits per heavy atom. The number of carbonyl (C=O) groups excluding carboxylic acids is 2. The van der Waals surface area contributed by atoms with Crippen LogP contribution in [-0.2, 0) is 0 Å². The van der Waals surface area contributed by atoms with Gasteiger partial charge in [0.25, 0.3) is 11.8 Å². The van der Waals surface area contributed by atoms with Gasteiger partial charge in [0, 0.05) is 29.0 Å². The van der Waals surface area contributed by atoms with E-state index in [1.54, 1.807) is 41.3 Å². The smallest absolute Gasteiger partial charge is 0.258 e. The van der Waals surface area contributed by atoms with Crippen molar-refractivity contribution in [2.75, 3.05) is 23.4 Å². The fraction of sp³-hybridized carbons (Fsp3) is 0.259. The Labute approximate surface area is 190 Å². The fourth-order valence-electron chi connectivity index (χ4n) is 3.25. The van der Waals surface area contributed by atoms with Crippen molar-refractivity contribution in [3.63, 3.8) is 0 Å². The zero-order valence-electron chi connectivity index (χ0n) is 18.9. The van der Waals surface area contributed by atoms with Crippen LogP contribution in [0.25, 0.3) is 0 Å². The van der Waals surface area contributed by atoms with Gasteiger partial charge in [0.05, 0.1) is 6.61 Å². The molecule has 0 aromatic heterocycles. The summed E-state index contributed by atoms with van der Waals surface area (Å²) in [5.74, 6) is 0.939. The van der Waals surface area contributed by atoms with E-state index < -0.39 is 0 Å². The number of hydrogen-bond acceptors (Lipinski definition) is 3. The molecule has 2 amide bonds. The van der Waals surface area contributed by atoms with Crippen LogP contribution >= 0.6 is 0 Å². The minimum Gasteiger partial charge on any atom is -0.494 e. The third kappa shape index (κ3) is 6.20.